The SMILES string of the molecule is CCCCc1ccc(-n2c(C)cc(/C=C(/C#N)C(=O)NCCCc3ccccc3)c2C)cc1. The molecule has 0 atom stereocenters. The summed E-state index contributed by atoms with van der Waals surface area (Å²) in [4.78, 5) is 12.6. The molecule has 0 saturated heterocycles. The third-order valence-corrected chi connectivity index (χ3v) is 5.92. The summed E-state index contributed by atoms with van der Waals surface area (Å²) in [5.41, 5.74) is 6.78. The molecule has 0 saturated carbocycles. The predicted molar refractivity (Wildman–Crippen MR) is 135 cm³/mol. The standard InChI is InChI=1S/C29H33N3O/c1-4-5-10-25-14-16-28(17-15-25)32-22(2)19-26(23(32)3)20-27(21-30)29(33)31-18-9-13-24-11-7-6-8-12-24/h6-8,11-12,14-17,19-20H,4-5,9-10,13,18H2,1-3H3,(H,31,33)/b27-20-. The Morgan fingerprint density at radius 2 is 1.67 bits per heavy atom. The van der Waals surface area contributed by atoms with Gasteiger partial charge in [0.2, 0.25) is 0 Å². The first-order valence-corrected chi connectivity index (χ1v) is 11.8. The maximum Gasteiger partial charge on any atom is 0.261 e. The van der Waals surface area contributed by atoms with Gasteiger partial charge in [0, 0.05) is 23.6 Å². The maximum atomic E-state index is 12.6. The lowest BCUT2D eigenvalue weighted by Crippen LogP contribution is -2.25. The molecule has 0 fully saturated rings. The number of amides is 1. The van der Waals surface area contributed by atoms with Gasteiger partial charge in [0.15, 0.2) is 0 Å². The number of nitrogens with zero attached hydrogens (tertiary/aromatic N) is 2. The largest absolute Gasteiger partial charge is 0.351 e. The van der Waals surface area contributed by atoms with Gasteiger partial charge in [-0.25, -0.2) is 0 Å². The van der Waals surface area contributed by atoms with Crippen molar-refractivity contribution in [3.8, 4) is 11.8 Å². The Labute approximate surface area is 197 Å². The summed E-state index contributed by atoms with van der Waals surface area (Å²) in [6, 6.07) is 22.9. The fourth-order valence-corrected chi connectivity index (χ4v) is 4.06. The van der Waals surface area contributed by atoms with E-state index in [4.69, 9.17) is 0 Å². The van der Waals surface area contributed by atoms with Gasteiger partial charge < -0.3 is 9.88 Å². The highest BCUT2D eigenvalue weighted by atomic mass is 16.1. The number of benzene rings is 2. The molecule has 1 N–H and O–H groups in total. The molecule has 0 spiro atoms. The average Bonchev–Trinajstić information content (AvgIpc) is 3.12. The van der Waals surface area contributed by atoms with E-state index in [1.54, 1.807) is 6.08 Å². The van der Waals surface area contributed by atoms with Crippen molar-refractivity contribution in [3.05, 3.63) is 94.3 Å². The number of rotatable bonds is 10. The summed E-state index contributed by atoms with van der Waals surface area (Å²) >= 11 is 0. The Kier molecular flexibility index (Phi) is 8.66. The summed E-state index contributed by atoms with van der Waals surface area (Å²) in [5, 5.41) is 12.5. The topological polar surface area (TPSA) is 57.8 Å². The molecular weight excluding hydrogens is 406 g/mol. The second kappa shape index (κ2) is 11.9. The highest BCUT2D eigenvalue weighted by Gasteiger charge is 2.13. The molecule has 0 aliphatic carbocycles. The average molecular weight is 440 g/mol. The van der Waals surface area contributed by atoms with Crippen LogP contribution in [-0.4, -0.2) is 17.0 Å². The van der Waals surface area contributed by atoms with Crippen molar-refractivity contribution in [1.29, 1.82) is 5.26 Å². The van der Waals surface area contributed by atoms with E-state index in [1.807, 2.05) is 38.1 Å². The molecule has 1 heterocycles. The second-order valence-corrected chi connectivity index (χ2v) is 8.45. The van der Waals surface area contributed by atoms with Crippen LogP contribution in [0.2, 0.25) is 0 Å². The molecule has 0 radical (unpaired) electrons. The molecular formula is C29H33N3O. The number of hydrogen-bond donors (Lipinski definition) is 1. The number of aryl methyl sites for hydroxylation is 3. The van der Waals surface area contributed by atoms with Crippen LogP contribution in [0.4, 0.5) is 0 Å². The molecule has 4 nitrogen and oxygen atoms in total. The number of carbonyl (C=O) groups excluding carboxylic acids is 1. The summed E-state index contributed by atoms with van der Waals surface area (Å²) in [7, 11) is 0. The normalized spacial score (nSPS) is 11.3. The molecule has 1 amide bonds. The lowest BCUT2D eigenvalue weighted by molar-refractivity contribution is -0.117. The summed E-state index contributed by atoms with van der Waals surface area (Å²) in [5.74, 6) is -0.323. The zero-order valence-electron chi connectivity index (χ0n) is 19.9. The summed E-state index contributed by atoms with van der Waals surface area (Å²) in [6.07, 6.45) is 6.90. The summed E-state index contributed by atoms with van der Waals surface area (Å²) in [6.45, 7) is 6.81. The van der Waals surface area contributed by atoms with E-state index in [-0.39, 0.29) is 11.5 Å². The molecule has 0 unspecified atom stereocenters. The number of unbranched alkanes of at least 4 members (excludes halogenated alkanes) is 1. The first-order chi connectivity index (χ1) is 16.0. The van der Waals surface area contributed by atoms with Gasteiger partial charge in [0.05, 0.1) is 0 Å². The van der Waals surface area contributed by atoms with Crippen molar-refractivity contribution in [2.75, 3.05) is 6.54 Å². The van der Waals surface area contributed by atoms with Crippen molar-refractivity contribution in [3.63, 3.8) is 0 Å². The van der Waals surface area contributed by atoms with E-state index in [1.165, 1.54) is 24.0 Å². The zero-order chi connectivity index (χ0) is 23.6. The Morgan fingerprint density at radius 3 is 2.33 bits per heavy atom. The van der Waals surface area contributed by atoms with Crippen LogP contribution in [-0.2, 0) is 17.6 Å². The minimum absolute atomic E-state index is 0.130. The van der Waals surface area contributed by atoms with Crippen molar-refractivity contribution in [1.82, 2.24) is 9.88 Å². The number of nitrogens with one attached hydrogen (secondary N) is 1. The van der Waals surface area contributed by atoms with Gasteiger partial charge in [-0.2, -0.15) is 5.26 Å². The molecule has 3 rings (SSSR count). The highest BCUT2D eigenvalue weighted by molar-refractivity contribution is 6.01. The van der Waals surface area contributed by atoms with Crippen molar-refractivity contribution in [2.24, 2.45) is 0 Å². The molecule has 170 valence electrons. The maximum absolute atomic E-state index is 12.6. The minimum Gasteiger partial charge on any atom is -0.351 e. The monoisotopic (exact) mass is 439 g/mol. The number of nitriles is 1. The Morgan fingerprint density at radius 1 is 1.00 bits per heavy atom. The van der Waals surface area contributed by atoms with Crippen LogP contribution < -0.4 is 5.32 Å². The molecule has 33 heavy (non-hydrogen) atoms. The van der Waals surface area contributed by atoms with E-state index >= 15 is 0 Å². The van der Waals surface area contributed by atoms with Crippen LogP contribution >= 0.6 is 0 Å². The van der Waals surface area contributed by atoms with Crippen LogP contribution in [0.25, 0.3) is 11.8 Å². The first-order valence-electron chi connectivity index (χ1n) is 11.8. The molecule has 4 heteroatoms. The highest BCUT2D eigenvalue weighted by Crippen LogP contribution is 2.23. The van der Waals surface area contributed by atoms with Gasteiger partial charge in [-0.3, -0.25) is 4.79 Å². The summed E-state index contributed by atoms with van der Waals surface area (Å²) < 4.78 is 2.17. The van der Waals surface area contributed by atoms with Gasteiger partial charge in [0.25, 0.3) is 5.91 Å². The Bertz CT molecular complexity index is 1130. The van der Waals surface area contributed by atoms with Gasteiger partial charge >= 0.3 is 0 Å². The molecule has 1 aromatic heterocycles. The van der Waals surface area contributed by atoms with E-state index in [0.29, 0.717) is 6.54 Å². The predicted octanol–water partition coefficient (Wildman–Crippen LogP) is 6.09. The number of hydrogen-bond acceptors (Lipinski definition) is 2. The smallest absolute Gasteiger partial charge is 0.261 e. The molecule has 2 aromatic carbocycles. The van der Waals surface area contributed by atoms with Crippen LogP contribution in [0.15, 0.2) is 66.2 Å². The van der Waals surface area contributed by atoms with Crippen LogP contribution in [0.5, 0.6) is 0 Å². The second-order valence-electron chi connectivity index (χ2n) is 8.45. The van der Waals surface area contributed by atoms with Crippen LogP contribution in [0, 0.1) is 25.2 Å². The van der Waals surface area contributed by atoms with Crippen LogP contribution in [0.3, 0.4) is 0 Å². The Hall–Kier alpha value is -3.58. The minimum atomic E-state index is -0.323. The Balaban J connectivity index is 1.68. The third-order valence-electron chi connectivity index (χ3n) is 5.92. The van der Waals surface area contributed by atoms with Crippen molar-refractivity contribution < 1.29 is 4.79 Å². The van der Waals surface area contributed by atoms with Crippen molar-refractivity contribution >= 4 is 12.0 Å². The number of aromatic nitrogens is 1. The van der Waals surface area contributed by atoms with Gasteiger partial charge in [-0.05, 0) is 80.5 Å². The third kappa shape index (κ3) is 6.46. The van der Waals surface area contributed by atoms with E-state index < -0.39 is 0 Å². The fourth-order valence-electron chi connectivity index (χ4n) is 4.06. The first kappa shape index (κ1) is 24.1. The van der Waals surface area contributed by atoms with E-state index in [9.17, 15) is 10.1 Å². The molecule has 3 aromatic rings. The fraction of sp³-hybridized carbons (Fsp3) is 0.310. The van der Waals surface area contributed by atoms with Crippen molar-refractivity contribution in [2.45, 2.75) is 52.9 Å². The lowest BCUT2D eigenvalue weighted by Gasteiger charge is -2.11. The molecule has 0 aliphatic heterocycles. The van der Waals surface area contributed by atoms with Gasteiger partial charge in [-0.15, -0.1) is 0 Å². The zero-order valence-corrected chi connectivity index (χ0v) is 19.9. The quantitative estimate of drug-likeness (QED) is 0.236. The molecule has 0 bridgehead atoms. The van der Waals surface area contributed by atoms with E-state index in [0.717, 1.165) is 41.9 Å². The van der Waals surface area contributed by atoms with Gasteiger partial charge in [-0.1, -0.05) is 55.8 Å². The van der Waals surface area contributed by atoms with E-state index in [2.05, 4.69) is 59.3 Å². The lowest BCUT2D eigenvalue weighted by atomic mass is 10.1. The molecule has 0 aliphatic rings. The van der Waals surface area contributed by atoms with Crippen LogP contribution in [0.1, 0.15) is 54.3 Å². The number of carbonyl (C=O) groups is 1. The van der Waals surface area contributed by atoms with Gasteiger partial charge in [0.1, 0.15) is 11.6 Å².